The minimum absolute atomic E-state index is 0.458. The predicted octanol–water partition coefficient (Wildman–Crippen LogP) is 12.6. The highest BCUT2D eigenvalue weighted by molar-refractivity contribution is 7.25. The Kier molecular flexibility index (Phi) is 9.38. The van der Waals surface area contributed by atoms with Crippen LogP contribution in [0, 0.1) is 0 Å². The first-order chi connectivity index (χ1) is 25.6. The first-order valence-corrected chi connectivity index (χ1v) is 18.2. The van der Waals surface area contributed by atoms with Crippen LogP contribution >= 0.6 is 11.3 Å². The summed E-state index contributed by atoms with van der Waals surface area (Å²) in [4.78, 5) is 9.28. The molecule has 4 heterocycles. The van der Waals surface area contributed by atoms with E-state index in [2.05, 4.69) is 132 Å². The molecule has 7 aromatic rings. The molecule has 0 N–H and O–H groups in total. The lowest BCUT2D eigenvalue weighted by molar-refractivity contribution is 0.362. The molecule has 1 aliphatic rings. The molecule has 4 heteroatoms. The van der Waals surface area contributed by atoms with Gasteiger partial charge in [0.1, 0.15) is 12.4 Å². The third-order valence-corrected chi connectivity index (χ3v) is 10.4. The Morgan fingerprint density at radius 2 is 1.48 bits per heavy atom. The van der Waals surface area contributed by atoms with E-state index in [0.717, 1.165) is 68.1 Å². The van der Waals surface area contributed by atoms with E-state index in [9.17, 15) is 0 Å². The van der Waals surface area contributed by atoms with Crippen molar-refractivity contribution in [3.63, 3.8) is 0 Å². The maximum atomic E-state index is 6.28. The summed E-state index contributed by atoms with van der Waals surface area (Å²) in [5.41, 5.74) is 11.7. The van der Waals surface area contributed by atoms with Crippen LogP contribution in [0.3, 0.4) is 0 Å². The Morgan fingerprint density at radius 3 is 2.29 bits per heavy atom. The third-order valence-electron chi connectivity index (χ3n) is 9.27. The van der Waals surface area contributed by atoms with Gasteiger partial charge in [0.2, 0.25) is 0 Å². The van der Waals surface area contributed by atoms with Crippen LogP contribution in [-0.4, -0.2) is 16.6 Å². The zero-order valence-electron chi connectivity index (χ0n) is 28.7. The highest BCUT2D eigenvalue weighted by Crippen LogP contribution is 2.40. The van der Waals surface area contributed by atoms with Crippen LogP contribution in [0.5, 0.6) is 5.75 Å². The Balaban J connectivity index is 1.15. The molecule has 0 spiro atoms. The average Bonchev–Trinajstić information content (AvgIpc) is 3.59. The van der Waals surface area contributed by atoms with E-state index in [1.807, 2.05) is 66.2 Å². The van der Waals surface area contributed by atoms with Gasteiger partial charge in [0, 0.05) is 43.7 Å². The molecular weight excluding hydrogens is 653 g/mol. The zero-order chi connectivity index (χ0) is 35.3. The molecule has 0 fully saturated rings. The SMILES string of the molecule is C=C/C=C\C=C(/Cc1ccc2sc3ccc(-c4ccc5c(c4)C(=C)/C=C(c4ccccc4-c4ccccn4)\C=C/CO5)cc3c2c1)c1ccccn1. The lowest BCUT2D eigenvalue weighted by Crippen LogP contribution is -1.96. The summed E-state index contributed by atoms with van der Waals surface area (Å²) in [5.74, 6) is 0.820. The van der Waals surface area contributed by atoms with E-state index >= 15 is 0 Å². The van der Waals surface area contributed by atoms with Crippen LogP contribution in [0.4, 0.5) is 0 Å². The fourth-order valence-electron chi connectivity index (χ4n) is 6.73. The Morgan fingerprint density at radius 1 is 0.731 bits per heavy atom. The quantitative estimate of drug-likeness (QED) is 0.149. The van der Waals surface area contributed by atoms with Crippen LogP contribution in [0.2, 0.25) is 0 Å². The summed E-state index contributed by atoms with van der Waals surface area (Å²) in [5, 5.41) is 2.52. The summed E-state index contributed by atoms with van der Waals surface area (Å²) in [7, 11) is 0. The summed E-state index contributed by atoms with van der Waals surface area (Å²) in [6, 6.07) is 40.5. The van der Waals surface area contributed by atoms with Crippen molar-refractivity contribution in [2.45, 2.75) is 6.42 Å². The standard InChI is InChI=1S/C48H36N2OS/c1-3-4-5-13-38(44-17-8-10-25-49-44)29-34-19-23-47-42(30-34)43-32-36(21-24-48(43)52-47)35-20-22-46-41(31-35)33(2)28-37(14-12-27-51-46)39-15-6-7-16-40(39)45-18-9-11-26-50-45/h3-26,28,30-32H,1-2,27,29H2/b5-4-,14-12-,37-28+,38-13+. The van der Waals surface area contributed by atoms with Gasteiger partial charge < -0.3 is 4.74 Å². The number of hydrogen-bond acceptors (Lipinski definition) is 4. The Bertz CT molecular complexity index is 2570. The Labute approximate surface area is 308 Å². The second-order valence-corrected chi connectivity index (χ2v) is 13.7. The molecule has 0 radical (unpaired) electrons. The number of aromatic nitrogens is 2. The highest BCUT2D eigenvalue weighted by Gasteiger charge is 2.15. The van der Waals surface area contributed by atoms with Gasteiger partial charge in [-0.15, -0.1) is 11.3 Å². The molecule has 1 aliphatic heterocycles. The molecule has 8 rings (SSSR count). The number of thiophene rings is 1. The predicted molar refractivity (Wildman–Crippen MR) is 221 cm³/mol. The molecule has 0 saturated carbocycles. The fourth-order valence-corrected chi connectivity index (χ4v) is 7.80. The van der Waals surface area contributed by atoms with Gasteiger partial charge in [0.25, 0.3) is 0 Å². The number of nitrogens with zero attached hydrogens (tertiary/aromatic N) is 2. The molecule has 3 aromatic heterocycles. The lowest BCUT2D eigenvalue weighted by Gasteiger charge is -2.14. The Hall–Kier alpha value is -6.36. The summed E-state index contributed by atoms with van der Waals surface area (Å²) in [6.07, 6.45) is 18.7. The number of allylic oxidation sites excluding steroid dienone is 9. The topological polar surface area (TPSA) is 35.0 Å². The normalized spacial score (nSPS) is 15.0. The van der Waals surface area contributed by atoms with Gasteiger partial charge in [-0.25, -0.2) is 0 Å². The molecule has 0 unspecified atom stereocenters. The van der Waals surface area contributed by atoms with Gasteiger partial charge >= 0.3 is 0 Å². The number of fused-ring (bicyclic) bond motifs is 4. The lowest BCUT2D eigenvalue weighted by atomic mass is 9.93. The molecule has 4 aromatic carbocycles. The highest BCUT2D eigenvalue weighted by atomic mass is 32.1. The van der Waals surface area contributed by atoms with Gasteiger partial charge in [-0.1, -0.05) is 98.1 Å². The summed E-state index contributed by atoms with van der Waals surface area (Å²) in [6.45, 7) is 8.82. The first-order valence-electron chi connectivity index (χ1n) is 17.3. The van der Waals surface area contributed by atoms with Crippen molar-refractivity contribution in [1.82, 2.24) is 9.97 Å². The number of benzene rings is 4. The molecule has 0 atom stereocenters. The van der Waals surface area contributed by atoms with Crippen molar-refractivity contribution in [3.8, 4) is 28.1 Å². The number of pyridine rings is 2. The van der Waals surface area contributed by atoms with E-state index in [0.29, 0.717) is 6.61 Å². The number of ether oxygens (including phenoxy) is 1. The number of hydrogen-bond donors (Lipinski definition) is 0. The van der Waals surface area contributed by atoms with Crippen molar-refractivity contribution in [2.75, 3.05) is 6.61 Å². The van der Waals surface area contributed by atoms with Gasteiger partial charge in [0.15, 0.2) is 0 Å². The van der Waals surface area contributed by atoms with Crippen LogP contribution in [0.1, 0.15) is 22.4 Å². The third kappa shape index (κ3) is 6.85. The molecule has 52 heavy (non-hydrogen) atoms. The zero-order valence-corrected chi connectivity index (χ0v) is 29.5. The summed E-state index contributed by atoms with van der Waals surface area (Å²) >= 11 is 1.83. The molecule has 0 amide bonds. The van der Waals surface area contributed by atoms with E-state index in [1.54, 1.807) is 6.08 Å². The first kappa shape index (κ1) is 32.8. The minimum atomic E-state index is 0.458. The molecule has 0 bridgehead atoms. The van der Waals surface area contributed by atoms with E-state index < -0.39 is 0 Å². The molecule has 0 aliphatic carbocycles. The fraction of sp³-hybridized carbons (Fsp3) is 0.0417. The maximum absolute atomic E-state index is 6.28. The largest absolute Gasteiger partial charge is 0.489 e. The molecule has 250 valence electrons. The number of rotatable bonds is 8. The van der Waals surface area contributed by atoms with Crippen molar-refractivity contribution in [3.05, 3.63) is 206 Å². The minimum Gasteiger partial charge on any atom is -0.489 e. The van der Waals surface area contributed by atoms with Crippen LogP contribution in [0.25, 0.3) is 59.3 Å². The maximum Gasteiger partial charge on any atom is 0.127 e. The van der Waals surface area contributed by atoms with E-state index in [4.69, 9.17) is 4.74 Å². The van der Waals surface area contributed by atoms with E-state index in [-0.39, 0.29) is 0 Å². The smallest absolute Gasteiger partial charge is 0.127 e. The van der Waals surface area contributed by atoms with Gasteiger partial charge in [-0.05, 0) is 118 Å². The average molecular weight is 689 g/mol. The van der Waals surface area contributed by atoms with Crippen molar-refractivity contribution in [2.24, 2.45) is 0 Å². The monoisotopic (exact) mass is 688 g/mol. The molecular formula is C48H36N2OS. The molecule has 0 saturated heterocycles. The van der Waals surface area contributed by atoms with Crippen molar-refractivity contribution >= 4 is 48.2 Å². The van der Waals surface area contributed by atoms with Gasteiger partial charge in [-0.2, -0.15) is 0 Å². The summed E-state index contributed by atoms with van der Waals surface area (Å²) < 4.78 is 8.83. The van der Waals surface area contributed by atoms with Crippen molar-refractivity contribution in [1.29, 1.82) is 0 Å². The van der Waals surface area contributed by atoms with E-state index in [1.165, 1.54) is 25.7 Å². The van der Waals surface area contributed by atoms with Gasteiger partial charge in [0.05, 0.1) is 11.4 Å². The van der Waals surface area contributed by atoms with Crippen LogP contribution in [0.15, 0.2) is 183 Å². The van der Waals surface area contributed by atoms with Crippen LogP contribution < -0.4 is 4.74 Å². The van der Waals surface area contributed by atoms with Crippen molar-refractivity contribution < 1.29 is 4.74 Å². The van der Waals surface area contributed by atoms with Crippen LogP contribution in [-0.2, 0) is 6.42 Å². The second kappa shape index (κ2) is 14.9. The molecule has 3 nitrogen and oxygen atoms in total. The second-order valence-electron chi connectivity index (χ2n) is 12.7. The van der Waals surface area contributed by atoms with Gasteiger partial charge in [-0.3, -0.25) is 9.97 Å².